The van der Waals surface area contributed by atoms with Crippen molar-refractivity contribution in [2.24, 2.45) is 0 Å². The predicted molar refractivity (Wildman–Crippen MR) is 58.9 cm³/mol. The molecule has 0 bridgehead atoms. The molecule has 2 rings (SSSR count). The number of nitrogens with zero attached hydrogens (tertiary/aromatic N) is 2. The fourth-order valence-corrected chi connectivity index (χ4v) is 1.97. The van der Waals surface area contributed by atoms with Crippen LogP contribution in [0.4, 0.5) is 4.39 Å². The lowest BCUT2D eigenvalue weighted by atomic mass is 10.0. The lowest BCUT2D eigenvalue weighted by molar-refractivity contribution is -0.228. The van der Waals surface area contributed by atoms with Crippen LogP contribution in [0.5, 0.6) is 0 Å². The first kappa shape index (κ1) is 14.4. The number of aliphatic hydroxyl groups is 3. The molecule has 1 aromatic rings. The van der Waals surface area contributed by atoms with E-state index in [2.05, 4.69) is 4.74 Å². The zero-order valence-corrected chi connectivity index (χ0v) is 9.86. The minimum atomic E-state index is -3.12. The van der Waals surface area contributed by atoms with Gasteiger partial charge in [0.25, 0.3) is 17.1 Å². The van der Waals surface area contributed by atoms with Crippen molar-refractivity contribution in [1.82, 2.24) is 9.55 Å². The summed E-state index contributed by atoms with van der Waals surface area (Å²) in [6, 6.07) is 2.23. The van der Waals surface area contributed by atoms with Crippen LogP contribution in [0, 0.1) is 11.3 Å². The Morgan fingerprint density at radius 2 is 2.15 bits per heavy atom. The van der Waals surface area contributed by atoms with E-state index >= 15 is 0 Å². The molecule has 0 aliphatic carbocycles. The van der Waals surface area contributed by atoms with E-state index in [4.69, 9.17) is 10.4 Å². The summed E-state index contributed by atoms with van der Waals surface area (Å²) in [5, 5.41) is 37.4. The third kappa shape index (κ3) is 1.76. The Bertz CT molecular complexity index is 681. The van der Waals surface area contributed by atoms with Crippen LogP contribution in [0.3, 0.4) is 0 Å². The summed E-state index contributed by atoms with van der Waals surface area (Å²) in [7, 11) is 0. The Balaban J connectivity index is 2.65. The van der Waals surface area contributed by atoms with Gasteiger partial charge in [0.1, 0.15) is 24.9 Å². The Morgan fingerprint density at radius 1 is 1.50 bits per heavy atom. The quantitative estimate of drug-likeness (QED) is 0.456. The summed E-state index contributed by atoms with van der Waals surface area (Å²) in [5.41, 5.74) is -4.54. The Morgan fingerprint density at radius 3 is 2.60 bits per heavy atom. The molecule has 4 N–H and O–H groups in total. The molecule has 9 nitrogen and oxygen atoms in total. The molecular weight excluding hydrogens is 277 g/mol. The first-order valence-corrected chi connectivity index (χ1v) is 5.40. The molecule has 0 amide bonds. The van der Waals surface area contributed by atoms with Gasteiger partial charge in [0.2, 0.25) is 0 Å². The number of nitrogens with one attached hydrogen (secondary N) is 1. The molecule has 1 aromatic heterocycles. The summed E-state index contributed by atoms with van der Waals surface area (Å²) in [6.07, 6.45) is -3.61. The van der Waals surface area contributed by atoms with Crippen LogP contribution >= 0.6 is 0 Å². The van der Waals surface area contributed by atoms with Crippen LogP contribution < -0.4 is 11.2 Å². The van der Waals surface area contributed by atoms with Gasteiger partial charge in [-0.2, -0.15) is 5.26 Å². The van der Waals surface area contributed by atoms with Gasteiger partial charge >= 0.3 is 5.69 Å². The number of H-pyrrole nitrogens is 1. The Kier molecular flexibility index (Phi) is 3.23. The SMILES string of the molecule is N#C[C@@]1(n2ccc(=O)[nH]c2=O)O[C@](F)(CO)[C@@H](O)[C@H]1O. The number of halogens is 1. The number of aromatic nitrogens is 2. The second-order valence-electron chi connectivity index (χ2n) is 4.22. The van der Waals surface area contributed by atoms with Gasteiger partial charge < -0.3 is 15.3 Å². The Labute approximate surface area is 110 Å². The molecule has 1 aliphatic rings. The van der Waals surface area contributed by atoms with E-state index in [1.54, 1.807) is 4.98 Å². The van der Waals surface area contributed by atoms with E-state index in [-0.39, 0.29) is 0 Å². The third-order valence-corrected chi connectivity index (χ3v) is 3.02. The number of hydrogen-bond donors (Lipinski definition) is 4. The van der Waals surface area contributed by atoms with Crippen molar-refractivity contribution in [1.29, 1.82) is 5.26 Å². The van der Waals surface area contributed by atoms with Crippen molar-refractivity contribution in [2.45, 2.75) is 23.8 Å². The van der Waals surface area contributed by atoms with Gasteiger partial charge in [0.15, 0.2) is 0 Å². The van der Waals surface area contributed by atoms with Crippen LogP contribution in [-0.2, 0) is 10.5 Å². The topological polar surface area (TPSA) is 149 Å². The summed E-state index contributed by atoms with van der Waals surface area (Å²) in [5.74, 6) is -3.12. The highest BCUT2D eigenvalue weighted by atomic mass is 19.2. The monoisotopic (exact) mass is 287 g/mol. The predicted octanol–water partition coefficient (Wildman–Crippen LogP) is -2.88. The molecule has 108 valence electrons. The molecule has 1 saturated heterocycles. The normalized spacial score (nSPS) is 36.8. The molecule has 20 heavy (non-hydrogen) atoms. The van der Waals surface area contributed by atoms with E-state index in [1.807, 2.05) is 0 Å². The van der Waals surface area contributed by atoms with Crippen molar-refractivity contribution >= 4 is 0 Å². The maximum atomic E-state index is 14.0. The summed E-state index contributed by atoms with van der Waals surface area (Å²) < 4.78 is 19.1. The van der Waals surface area contributed by atoms with E-state index < -0.39 is 41.6 Å². The first-order valence-electron chi connectivity index (χ1n) is 5.40. The van der Waals surface area contributed by atoms with Gasteiger partial charge in [-0.3, -0.25) is 19.1 Å². The van der Waals surface area contributed by atoms with Crippen molar-refractivity contribution in [2.75, 3.05) is 6.61 Å². The molecule has 0 saturated carbocycles. The number of nitriles is 1. The number of aliphatic hydroxyl groups excluding tert-OH is 3. The third-order valence-electron chi connectivity index (χ3n) is 3.02. The molecule has 1 aliphatic heterocycles. The lowest BCUT2D eigenvalue weighted by Crippen LogP contribution is -2.50. The highest BCUT2D eigenvalue weighted by Crippen LogP contribution is 2.41. The zero-order chi connectivity index (χ0) is 15.1. The number of ether oxygens (including phenoxy) is 1. The summed E-state index contributed by atoms with van der Waals surface area (Å²) in [6.45, 7) is -1.34. The molecule has 0 spiro atoms. The van der Waals surface area contributed by atoms with E-state index in [0.717, 1.165) is 12.3 Å². The average molecular weight is 287 g/mol. The van der Waals surface area contributed by atoms with Crippen LogP contribution in [0.25, 0.3) is 0 Å². The number of aromatic amines is 1. The second kappa shape index (κ2) is 4.50. The molecule has 0 aromatic carbocycles. The smallest absolute Gasteiger partial charge is 0.331 e. The van der Waals surface area contributed by atoms with Crippen molar-refractivity contribution < 1.29 is 24.4 Å². The molecular formula is C10H10FN3O6. The van der Waals surface area contributed by atoms with Crippen LogP contribution in [0.1, 0.15) is 0 Å². The van der Waals surface area contributed by atoms with Gasteiger partial charge in [-0.1, -0.05) is 0 Å². The van der Waals surface area contributed by atoms with Gasteiger partial charge in [-0.25, -0.2) is 9.18 Å². The minimum absolute atomic E-state index is 0.430. The van der Waals surface area contributed by atoms with E-state index in [9.17, 15) is 24.2 Å². The van der Waals surface area contributed by atoms with Crippen molar-refractivity contribution in [3.05, 3.63) is 33.1 Å². The maximum Gasteiger partial charge on any atom is 0.331 e. The molecule has 0 unspecified atom stereocenters. The first-order chi connectivity index (χ1) is 9.30. The molecule has 10 heteroatoms. The standard InChI is InChI=1S/C10H10FN3O6/c11-9(4-15)6(17)7(18)10(3-12,20-9)14-2-1-5(16)13-8(14)19/h1-2,6-7,15,17-18H,4H2,(H,13,16,19)/t6-,7+,9+,10+/m0/s1. The van der Waals surface area contributed by atoms with Crippen LogP contribution in [0.2, 0.25) is 0 Å². The van der Waals surface area contributed by atoms with Gasteiger partial charge in [-0.05, 0) is 0 Å². The average Bonchev–Trinajstić information content (AvgIpc) is 2.62. The molecule has 4 atom stereocenters. The van der Waals surface area contributed by atoms with Crippen LogP contribution in [-0.4, -0.2) is 49.5 Å². The Hall–Kier alpha value is -2.06. The van der Waals surface area contributed by atoms with E-state index in [1.165, 1.54) is 6.07 Å². The highest BCUT2D eigenvalue weighted by Gasteiger charge is 2.65. The van der Waals surface area contributed by atoms with Crippen molar-refractivity contribution in [3.63, 3.8) is 0 Å². The summed E-state index contributed by atoms with van der Waals surface area (Å²) in [4.78, 5) is 24.4. The van der Waals surface area contributed by atoms with E-state index in [0.29, 0.717) is 4.57 Å². The molecule has 2 heterocycles. The lowest BCUT2D eigenvalue weighted by Gasteiger charge is -2.26. The fourth-order valence-electron chi connectivity index (χ4n) is 1.97. The highest BCUT2D eigenvalue weighted by molar-refractivity contribution is 5.14. The van der Waals surface area contributed by atoms with Crippen LogP contribution in [0.15, 0.2) is 21.9 Å². The number of rotatable bonds is 2. The minimum Gasteiger partial charge on any atom is -0.390 e. The number of hydrogen-bond acceptors (Lipinski definition) is 7. The van der Waals surface area contributed by atoms with Gasteiger partial charge in [0, 0.05) is 12.3 Å². The van der Waals surface area contributed by atoms with Gasteiger partial charge in [0.05, 0.1) is 0 Å². The molecule has 1 fully saturated rings. The van der Waals surface area contributed by atoms with Gasteiger partial charge in [-0.15, -0.1) is 0 Å². The summed E-state index contributed by atoms with van der Waals surface area (Å²) >= 11 is 0. The fraction of sp³-hybridized carbons (Fsp3) is 0.500. The molecule has 0 radical (unpaired) electrons. The second-order valence-corrected chi connectivity index (χ2v) is 4.22. The number of alkyl halides is 1. The largest absolute Gasteiger partial charge is 0.390 e. The zero-order valence-electron chi connectivity index (χ0n) is 9.86. The van der Waals surface area contributed by atoms with Crippen molar-refractivity contribution in [3.8, 4) is 6.07 Å². The maximum absolute atomic E-state index is 14.0.